The van der Waals surface area contributed by atoms with E-state index in [1.165, 1.54) is 28.6 Å². The van der Waals surface area contributed by atoms with E-state index in [0.717, 1.165) is 5.52 Å². The number of aromatic amines is 1. The third kappa shape index (κ3) is 7.03. The fourth-order valence-electron chi connectivity index (χ4n) is 4.79. The third-order valence-corrected chi connectivity index (χ3v) is 9.01. The predicted molar refractivity (Wildman–Crippen MR) is 154 cm³/mol. The van der Waals surface area contributed by atoms with Crippen LogP contribution in [0.5, 0.6) is 11.5 Å². The lowest BCUT2D eigenvalue weighted by molar-refractivity contribution is 0.102. The minimum Gasteiger partial charge on any atom is -0.508 e. The van der Waals surface area contributed by atoms with Crippen molar-refractivity contribution in [3.8, 4) is 11.5 Å². The van der Waals surface area contributed by atoms with Gasteiger partial charge in [0.25, 0.3) is 5.91 Å². The molecule has 5 rings (SSSR count). The maximum absolute atomic E-state index is 13.2. The number of aromatic hydroxyl groups is 1. The number of nitrogens with one attached hydrogen (secondary N) is 3. The van der Waals surface area contributed by atoms with E-state index in [1.54, 1.807) is 24.3 Å². The number of sulfonamides is 1. The second-order valence-corrected chi connectivity index (χ2v) is 12.0. The number of amides is 1. The van der Waals surface area contributed by atoms with E-state index in [9.17, 15) is 23.4 Å². The molecule has 0 saturated carbocycles. The van der Waals surface area contributed by atoms with Crippen molar-refractivity contribution in [1.82, 2.24) is 19.8 Å². The first-order valence-electron chi connectivity index (χ1n) is 13.4. The molecule has 1 aliphatic heterocycles. The SMILES string of the molecule is O=C(Nc1ccc(S(=O)(=O)N2CCC(CNC[C@H](O)COc3ccc(O)cc3)CC2)cc1)c1n[nH]c2ccccc12. The number of aliphatic hydroxyl groups is 1. The summed E-state index contributed by atoms with van der Waals surface area (Å²) in [7, 11) is -3.66. The third-order valence-electron chi connectivity index (χ3n) is 7.10. The van der Waals surface area contributed by atoms with Crippen molar-refractivity contribution in [2.24, 2.45) is 5.92 Å². The average molecular weight is 580 g/mol. The van der Waals surface area contributed by atoms with Crippen molar-refractivity contribution in [2.45, 2.75) is 23.8 Å². The summed E-state index contributed by atoms with van der Waals surface area (Å²) in [6.07, 6.45) is 0.714. The molecule has 2 heterocycles. The van der Waals surface area contributed by atoms with Crippen LogP contribution >= 0.6 is 0 Å². The van der Waals surface area contributed by atoms with E-state index in [0.29, 0.717) is 61.8 Å². The van der Waals surface area contributed by atoms with Crippen molar-refractivity contribution >= 4 is 32.5 Å². The monoisotopic (exact) mass is 579 g/mol. The number of carbonyl (C=O) groups is 1. The summed E-state index contributed by atoms with van der Waals surface area (Å²) in [6, 6.07) is 19.8. The zero-order chi connectivity index (χ0) is 28.8. The number of phenolic OH excluding ortho intramolecular Hbond substituents is 1. The molecule has 0 spiro atoms. The Kier molecular flexibility index (Phi) is 8.84. The maximum Gasteiger partial charge on any atom is 0.276 e. The van der Waals surface area contributed by atoms with Gasteiger partial charge >= 0.3 is 0 Å². The summed E-state index contributed by atoms with van der Waals surface area (Å²) >= 11 is 0. The lowest BCUT2D eigenvalue weighted by atomic mass is 9.98. The van der Waals surface area contributed by atoms with Gasteiger partial charge in [-0.05, 0) is 79.9 Å². The Bertz CT molecular complexity index is 1570. The van der Waals surface area contributed by atoms with Crippen molar-refractivity contribution in [1.29, 1.82) is 0 Å². The minimum absolute atomic E-state index is 0.122. The summed E-state index contributed by atoms with van der Waals surface area (Å²) in [5, 5.41) is 33.1. The van der Waals surface area contributed by atoms with Crippen LogP contribution in [-0.2, 0) is 10.0 Å². The van der Waals surface area contributed by atoms with Crippen molar-refractivity contribution < 1.29 is 28.2 Å². The number of fused-ring (bicyclic) bond motifs is 1. The standard InChI is InChI=1S/C29H33N5O6S/c35-22-7-9-24(10-8-22)40-19-23(36)18-30-17-20-13-15-34(16-14-20)41(38,39)25-11-5-21(6-12-25)31-29(37)28-26-3-1-2-4-27(26)32-33-28/h1-12,20,23,30,35-36H,13-19H2,(H,31,37)(H,32,33)/t23-/m0/s1. The first-order chi connectivity index (χ1) is 19.8. The van der Waals surface area contributed by atoms with Crippen LogP contribution in [0, 0.1) is 5.92 Å². The van der Waals surface area contributed by atoms with Gasteiger partial charge in [0.05, 0.1) is 10.4 Å². The van der Waals surface area contributed by atoms with Crippen LogP contribution in [0.1, 0.15) is 23.3 Å². The highest BCUT2D eigenvalue weighted by Crippen LogP contribution is 2.25. The molecule has 1 fully saturated rings. The predicted octanol–water partition coefficient (Wildman–Crippen LogP) is 2.95. The molecule has 0 radical (unpaired) electrons. The number of hydrogen-bond donors (Lipinski definition) is 5. The first kappa shape index (κ1) is 28.6. The smallest absolute Gasteiger partial charge is 0.276 e. The zero-order valence-electron chi connectivity index (χ0n) is 22.4. The Hall–Kier alpha value is -3.97. The Morgan fingerprint density at radius 2 is 1.76 bits per heavy atom. The number of nitrogens with zero attached hydrogens (tertiary/aromatic N) is 2. The van der Waals surface area contributed by atoms with Gasteiger partial charge in [0, 0.05) is 30.7 Å². The molecule has 0 aliphatic carbocycles. The number of phenols is 1. The van der Waals surface area contributed by atoms with Crippen LogP contribution < -0.4 is 15.4 Å². The largest absolute Gasteiger partial charge is 0.508 e. The highest BCUT2D eigenvalue weighted by Gasteiger charge is 2.29. The highest BCUT2D eigenvalue weighted by atomic mass is 32.2. The number of piperidine rings is 1. The van der Waals surface area contributed by atoms with Crippen molar-refractivity contribution in [2.75, 3.05) is 38.1 Å². The van der Waals surface area contributed by atoms with Crippen LogP contribution in [0.4, 0.5) is 5.69 Å². The fourth-order valence-corrected chi connectivity index (χ4v) is 6.26. The Morgan fingerprint density at radius 1 is 1.05 bits per heavy atom. The van der Waals surface area contributed by atoms with E-state index < -0.39 is 16.1 Å². The molecule has 216 valence electrons. The second-order valence-electron chi connectivity index (χ2n) is 10.1. The van der Waals surface area contributed by atoms with Gasteiger partial charge in [-0.2, -0.15) is 9.40 Å². The molecule has 1 aliphatic rings. The molecule has 1 atom stereocenters. The number of hydrogen-bond acceptors (Lipinski definition) is 8. The van der Waals surface area contributed by atoms with E-state index in [2.05, 4.69) is 20.8 Å². The number of rotatable bonds is 11. The quantitative estimate of drug-likeness (QED) is 0.182. The summed E-state index contributed by atoms with van der Waals surface area (Å²) in [5.41, 5.74) is 1.50. The van der Waals surface area contributed by atoms with E-state index >= 15 is 0 Å². The number of aromatic nitrogens is 2. The number of carbonyl (C=O) groups excluding carboxylic acids is 1. The van der Waals surface area contributed by atoms with Crippen molar-refractivity contribution in [3.63, 3.8) is 0 Å². The molecule has 12 heteroatoms. The topological polar surface area (TPSA) is 157 Å². The highest BCUT2D eigenvalue weighted by molar-refractivity contribution is 7.89. The molecule has 4 aromatic rings. The molecule has 1 aromatic heterocycles. The van der Waals surface area contributed by atoms with Gasteiger partial charge in [0.1, 0.15) is 24.2 Å². The van der Waals surface area contributed by atoms with Gasteiger partial charge in [0.15, 0.2) is 5.69 Å². The second kappa shape index (κ2) is 12.7. The lowest BCUT2D eigenvalue weighted by Crippen LogP contribution is -2.42. The van der Waals surface area contributed by atoms with Crippen LogP contribution in [0.15, 0.2) is 77.7 Å². The molecule has 3 aromatic carbocycles. The van der Waals surface area contributed by atoms with E-state index in [1.807, 2.05) is 24.3 Å². The molecular formula is C29H33N5O6S. The van der Waals surface area contributed by atoms with Crippen LogP contribution in [0.2, 0.25) is 0 Å². The number of para-hydroxylation sites is 1. The Labute approximate surface area is 238 Å². The molecule has 41 heavy (non-hydrogen) atoms. The summed E-state index contributed by atoms with van der Waals surface area (Å²) in [4.78, 5) is 12.9. The average Bonchev–Trinajstić information content (AvgIpc) is 3.42. The number of anilines is 1. The molecule has 11 nitrogen and oxygen atoms in total. The summed E-state index contributed by atoms with van der Waals surface area (Å²) in [5.74, 6) is 0.628. The molecule has 5 N–H and O–H groups in total. The molecule has 1 amide bonds. The number of H-pyrrole nitrogens is 1. The molecule has 1 saturated heterocycles. The normalized spacial score (nSPS) is 15.5. The summed E-state index contributed by atoms with van der Waals surface area (Å²) in [6.45, 7) is 1.97. The Morgan fingerprint density at radius 3 is 2.49 bits per heavy atom. The number of benzene rings is 3. The van der Waals surface area contributed by atoms with Gasteiger partial charge in [0.2, 0.25) is 10.0 Å². The molecule has 0 bridgehead atoms. The summed E-state index contributed by atoms with van der Waals surface area (Å²) < 4.78 is 33.5. The minimum atomic E-state index is -3.66. The van der Waals surface area contributed by atoms with Crippen LogP contribution in [0.3, 0.4) is 0 Å². The van der Waals surface area contributed by atoms with Gasteiger partial charge in [-0.3, -0.25) is 9.89 Å². The fraction of sp³-hybridized carbons (Fsp3) is 0.310. The van der Waals surface area contributed by atoms with Crippen LogP contribution in [-0.4, -0.2) is 77.9 Å². The van der Waals surface area contributed by atoms with Crippen LogP contribution in [0.25, 0.3) is 10.9 Å². The number of ether oxygens (including phenoxy) is 1. The molecule has 0 unspecified atom stereocenters. The van der Waals surface area contributed by atoms with Gasteiger partial charge in [-0.1, -0.05) is 18.2 Å². The number of aliphatic hydroxyl groups excluding tert-OH is 1. The lowest BCUT2D eigenvalue weighted by Gasteiger charge is -2.31. The van der Waals surface area contributed by atoms with E-state index in [-0.39, 0.29) is 28.9 Å². The van der Waals surface area contributed by atoms with Gasteiger partial charge < -0.3 is 25.6 Å². The van der Waals surface area contributed by atoms with Gasteiger partial charge in [-0.15, -0.1) is 0 Å². The molecular weight excluding hydrogens is 546 g/mol. The van der Waals surface area contributed by atoms with Crippen molar-refractivity contribution in [3.05, 3.63) is 78.5 Å². The van der Waals surface area contributed by atoms with E-state index in [4.69, 9.17) is 4.74 Å². The van der Waals surface area contributed by atoms with Gasteiger partial charge in [-0.25, -0.2) is 8.42 Å². The Balaban J connectivity index is 1.06. The maximum atomic E-state index is 13.2. The first-order valence-corrected chi connectivity index (χ1v) is 14.9. The zero-order valence-corrected chi connectivity index (χ0v) is 23.2.